The zero-order valence-corrected chi connectivity index (χ0v) is 16.7. The van der Waals surface area contributed by atoms with Crippen LogP contribution in [0.4, 0.5) is 4.79 Å². The molecule has 0 radical (unpaired) electrons. The summed E-state index contributed by atoms with van der Waals surface area (Å²) in [6.45, 7) is 0.145. The predicted molar refractivity (Wildman–Crippen MR) is 108 cm³/mol. The molecule has 1 fully saturated rings. The molecule has 2 aromatic rings. The van der Waals surface area contributed by atoms with Gasteiger partial charge >= 0.3 is 6.03 Å². The van der Waals surface area contributed by atoms with E-state index in [0.29, 0.717) is 23.5 Å². The van der Waals surface area contributed by atoms with Crippen molar-refractivity contribution in [3.8, 4) is 11.5 Å². The van der Waals surface area contributed by atoms with Gasteiger partial charge in [0, 0.05) is 6.54 Å². The molecule has 1 aliphatic heterocycles. The molecule has 0 spiro atoms. The number of benzene rings is 2. The van der Waals surface area contributed by atoms with Crippen molar-refractivity contribution >= 4 is 35.5 Å². The van der Waals surface area contributed by atoms with Gasteiger partial charge in [0.05, 0.1) is 19.2 Å². The lowest BCUT2D eigenvalue weighted by atomic mass is 10.1. The van der Waals surface area contributed by atoms with E-state index in [1.54, 1.807) is 12.1 Å². The van der Waals surface area contributed by atoms with E-state index in [-0.39, 0.29) is 17.1 Å². The summed E-state index contributed by atoms with van der Waals surface area (Å²) < 4.78 is 10.4. The maximum absolute atomic E-state index is 12.8. The van der Waals surface area contributed by atoms with Gasteiger partial charge in [0.1, 0.15) is 5.57 Å². The molecule has 1 heterocycles. The van der Waals surface area contributed by atoms with Crippen molar-refractivity contribution in [2.45, 2.75) is 6.42 Å². The number of methoxy groups -OCH3 is 2. The molecule has 0 aliphatic carbocycles. The molecule has 0 unspecified atom stereocenters. The van der Waals surface area contributed by atoms with Gasteiger partial charge in [-0.15, -0.1) is 0 Å². The van der Waals surface area contributed by atoms with Crippen LogP contribution in [0.15, 0.2) is 48.0 Å². The molecule has 7 nitrogen and oxygen atoms in total. The first-order chi connectivity index (χ1) is 13.9. The lowest BCUT2D eigenvalue weighted by Crippen LogP contribution is -2.54. The maximum Gasteiger partial charge on any atom is 0.331 e. The minimum atomic E-state index is -0.762. The van der Waals surface area contributed by atoms with Gasteiger partial charge in [0.25, 0.3) is 11.8 Å². The van der Waals surface area contributed by atoms with Crippen LogP contribution >= 0.6 is 11.6 Å². The third kappa shape index (κ3) is 4.41. The van der Waals surface area contributed by atoms with Gasteiger partial charge in [0.15, 0.2) is 11.5 Å². The monoisotopic (exact) mass is 414 g/mol. The summed E-state index contributed by atoms with van der Waals surface area (Å²) in [6, 6.07) is 11.8. The second-order valence-electron chi connectivity index (χ2n) is 6.25. The highest BCUT2D eigenvalue weighted by Crippen LogP contribution is 2.36. The first-order valence-electron chi connectivity index (χ1n) is 8.79. The molecule has 29 heavy (non-hydrogen) atoms. The summed E-state index contributed by atoms with van der Waals surface area (Å²) in [7, 11) is 2.91. The number of nitrogens with one attached hydrogen (secondary N) is 1. The van der Waals surface area contributed by atoms with Gasteiger partial charge in [-0.3, -0.25) is 19.8 Å². The quantitative estimate of drug-likeness (QED) is 0.580. The molecule has 150 valence electrons. The van der Waals surface area contributed by atoms with Crippen LogP contribution in [-0.4, -0.2) is 43.5 Å². The molecule has 0 aromatic heterocycles. The minimum absolute atomic E-state index is 0.145. The summed E-state index contributed by atoms with van der Waals surface area (Å²) in [6.07, 6.45) is 1.84. The van der Waals surface area contributed by atoms with Crippen LogP contribution < -0.4 is 14.8 Å². The molecule has 4 amide bonds. The Morgan fingerprint density at radius 1 is 1.07 bits per heavy atom. The fourth-order valence-electron chi connectivity index (χ4n) is 2.97. The van der Waals surface area contributed by atoms with Gasteiger partial charge in [0.2, 0.25) is 0 Å². The summed E-state index contributed by atoms with van der Waals surface area (Å²) in [4.78, 5) is 38.3. The molecule has 1 N–H and O–H groups in total. The largest absolute Gasteiger partial charge is 0.493 e. The van der Waals surface area contributed by atoms with Crippen molar-refractivity contribution in [3.05, 3.63) is 64.2 Å². The number of urea groups is 1. The molecule has 0 saturated carbocycles. The standard InChI is InChI=1S/C21H19ClN2O5/c1-28-17-12-14(11-16(22)18(17)29-2)10-15-19(25)23-21(27)24(20(15)26)9-8-13-6-4-3-5-7-13/h3-7,10-12H,8-9H2,1-2H3,(H,23,25,27)/b15-10-. The normalized spacial score (nSPS) is 15.5. The molecule has 2 aromatic carbocycles. The van der Waals surface area contributed by atoms with E-state index in [4.69, 9.17) is 21.1 Å². The van der Waals surface area contributed by atoms with Crippen LogP contribution in [0.25, 0.3) is 6.08 Å². The number of rotatable bonds is 6. The van der Waals surface area contributed by atoms with E-state index >= 15 is 0 Å². The average Bonchev–Trinajstić information content (AvgIpc) is 2.71. The van der Waals surface area contributed by atoms with Gasteiger partial charge < -0.3 is 9.47 Å². The summed E-state index contributed by atoms with van der Waals surface area (Å²) in [5.74, 6) is -0.731. The molecule has 0 bridgehead atoms. The lowest BCUT2D eigenvalue weighted by Gasteiger charge is -2.26. The summed E-state index contributed by atoms with van der Waals surface area (Å²) in [5.41, 5.74) is 1.27. The Bertz CT molecular complexity index is 988. The first kappa shape index (κ1) is 20.4. The number of imide groups is 2. The van der Waals surface area contributed by atoms with Crippen molar-refractivity contribution in [3.63, 3.8) is 0 Å². The zero-order chi connectivity index (χ0) is 21.0. The van der Waals surface area contributed by atoms with Crippen LogP contribution in [0.3, 0.4) is 0 Å². The van der Waals surface area contributed by atoms with Crippen LogP contribution in [0.2, 0.25) is 5.02 Å². The highest BCUT2D eigenvalue weighted by molar-refractivity contribution is 6.33. The number of nitrogens with zero attached hydrogens (tertiary/aromatic N) is 1. The van der Waals surface area contributed by atoms with Gasteiger partial charge in [-0.25, -0.2) is 4.79 Å². The Balaban J connectivity index is 1.88. The third-order valence-electron chi connectivity index (χ3n) is 4.42. The van der Waals surface area contributed by atoms with E-state index in [9.17, 15) is 14.4 Å². The Kier molecular flexibility index (Phi) is 6.19. The maximum atomic E-state index is 12.8. The fourth-order valence-corrected chi connectivity index (χ4v) is 3.27. The zero-order valence-electron chi connectivity index (χ0n) is 15.9. The lowest BCUT2D eigenvalue weighted by molar-refractivity contribution is -0.130. The topological polar surface area (TPSA) is 84.9 Å². The van der Waals surface area contributed by atoms with Crippen LogP contribution in [0.5, 0.6) is 11.5 Å². The Labute approximate surface area is 172 Å². The molecular formula is C21H19ClN2O5. The van der Waals surface area contributed by atoms with E-state index in [0.717, 1.165) is 10.5 Å². The average molecular weight is 415 g/mol. The molecule has 3 rings (SSSR count). The van der Waals surface area contributed by atoms with Crippen molar-refractivity contribution in [1.82, 2.24) is 10.2 Å². The SMILES string of the molecule is COc1cc(/C=C2/C(=O)NC(=O)N(CCc3ccccc3)C2=O)cc(Cl)c1OC. The number of halogens is 1. The van der Waals surface area contributed by atoms with Crippen molar-refractivity contribution in [2.24, 2.45) is 0 Å². The molecular weight excluding hydrogens is 396 g/mol. The Hall–Kier alpha value is -3.32. The van der Waals surface area contributed by atoms with Crippen LogP contribution in [0, 0.1) is 0 Å². The summed E-state index contributed by atoms with van der Waals surface area (Å²) in [5, 5.41) is 2.47. The fraction of sp³-hybridized carbons (Fsp3) is 0.190. The Morgan fingerprint density at radius 3 is 2.45 bits per heavy atom. The smallest absolute Gasteiger partial charge is 0.331 e. The highest BCUT2D eigenvalue weighted by atomic mass is 35.5. The number of hydrogen-bond donors (Lipinski definition) is 1. The second kappa shape index (κ2) is 8.79. The predicted octanol–water partition coefficient (Wildman–Crippen LogP) is 3.06. The van der Waals surface area contributed by atoms with Crippen molar-refractivity contribution in [1.29, 1.82) is 0 Å². The molecule has 0 atom stereocenters. The molecule has 1 aliphatic rings. The number of barbiturate groups is 1. The number of carbonyl (C=O) groups excluding carboxylic acids is 3. The van der Waals surface area contributed by atoms with Crippen LogP contribution in [0.1, 0.15) is 11.1 Å². The van der Waals surface area contributed by atoms with E-state index in [2.05, 4.69) is 5.32 Å². The minimum Gasteiger partial charge on any atom is -0.493 e. The van der Waals surface area contributed by atoms with Gasteiger partial charge in [-0.1, -0.05) is 41.9 Å². The third-order valence-corrected chi connectivity index (χ3v) is 4.70. The number of carbonyl (C=O) groups is 3. The number of ether oxygens (including phenoxy) is 2. The second-order valence-corrected chi connectivity index (χ2v) is 6.66. The summed E-state index contributed by atoms with van der Waals surface area (Å²) >= 11 is 6.19. The van der Waals surface area contributed by atoms with E-state index < -0.39 is 17.8 Å². The van der Waals surface area contributed by atoms with E-state index in [1.165, 1.54) is 20.3 Å². The first-order valence-corrected chi connectivity index (χ1v) is 9.16. The number of hydrogen-bond acceptors (Lipinski definition) is 5. The van der Waals surface area contributed by atoms with Crippen LogP contribution in [-0.2, 0) is 16.0 Å². The van der Waals surface area contributed by atoms with Crippen molar-refractivity contribution < 1.29 is 23.9 Å². The highest BCUT2D eigenvalue weighted by Gasteiger charge is 2.35. The molecule has 1 saturated heterocycles. The molecule has 8 heteroatoms. The van der Waals surface area contributed by atoms with E-state index in [1.807, 2.05) is 30.3 Å². The van der Waals surface area contributed by atoms with Gasteiger partial charge in [-0.2, -0.15) is 0 Å². The Morgan fingerprint density at radius 2 is 1.79 bits per heavy atom. The number of amides is 4. The van der Waals surface area contributed by atoms with Gasteiger partial charge in [-0.05, 0) is 35.8 Å². The van der Waals surface area contributed by atoms with Crippen molar-refractivity contribution in [2.75, 3.05) is 20.8 Å².